The molecule has 1 atom stereocenters. The highest BCUT2D eigenvalue weighted by Gasteiger charge is 2.32. The lowest BCUT2D eigenvalue weighted by Gasteiger charge is -2.17. The first-order valence-corrected chi connectivity index (χ1v) is 7.79. The predicted molar refractivity (Wildman–Crippen MR) is 83.1 cm³/mol. The van der Waals surface area contributed by atoms with Crippen LogP contribution in [0, 0.1) is 0 Å². The van der Waals surface area contributed by atoms with Gasteiger partial charge in [0.25, 0.3) is 0 Å². The number of halogens is 5. The summed E-state index contributed by atoms with van der Waals surface area (Å²) in [7, 11) is 0. The van der Waals surface area contributed by atoms with E-state index in [1.165, 1.54) is 5.56 Å². The van der Waals surface area contributed by atoms with E-state index in [2.05, 4.69) is 32.3 Å². The highest BCUT2D eigenvalue weighted by Crippen LogP contribution is 2.37. The first kappa shape index (κ1) is 15.6. The van der Waals surface area contributed by atoms with Crippen LogP contribution in [0.1, 0.15) is 29.2 Å². The number of nitrogens with one attached hydrogen (secondary N) is 1. The molecule has 7 heteroatoms. The van der Waals surface area contributed by atoms with Gasteiger partial charge in [-0.25, -0.2) is 4.98 Å². The average Bonchev–Trinajstić information content (AvgIpc) is 2.82. The minimum Gasteiger partial charge on any atom is -0.362 e. The Hall–Kier alpha value is -1.27. The largest absolute Gasteiger partial charge is 0.417 e. The van der Waals surface area contributed by atoms with Gasteiger partial charge >= 0.3 is 6.18 Å². The van der Waals surface area contributed by atoms with Crippen LogP contribution in [0.3, 0.4) is 0 Å². The Labute approximate surface area is 138 Å². The minimum atomic E-state index is -4.44. The van der Waals surface area contributed by atoms with Gasteiger partial charge in [-0.15, -0.1) is 0 Å². The fourth-order valence-corrected chi connectivity index (χ4v) is 3.23. The Kier molecular flexibility index (Phi) is 4.07. The van der Waals surface area contributed by atoms with E-state index in [9.17, 15) is 13.2 Å². The molecule has 0 bridgehead atoms. The molecule has 1 aliphatic carbocycles. The molecule has 2 aromatic rings. The van der Waals surface area contributed by atoms with Crippen molar-refractivity contribution in [2.75, 3.05) is 5.32 Å². The molecule has 2 nitrogen and oxygen atoms in total. The minimum absolute atomic E-state index is 0.00448. The number of fused-ring (bicyclic) bond motifs is 1. The first-order valence-electron chi connectivity index (χ1n) is 6.62. The monoisotopic (exact) mass is 390 g/mol. The number of aryl methyl sites for hydroxylation is 1. The summed E-state index contributed by atoms with van der Waals surface area (Å²) in [5.41, 5.74) is 1.50. The molecule has 1 heterocycles. The molecule has 1 aliphatic rings. The molecule has 0 radical (unpaired) electrons. The summed E-state index contributed by atoms with van der Waals surface area (Å²) in [4.78, 5) is 3.83. The van der Waals surface area contributed by atoms with Gasteiger partial charge < -0.3 is 5.32 Å². The fourth-order valence-electron chi connectivity index (χ4n) is 2.60. The zero-order chi connectivity index (χ0) is 15.9. The maximum absolute atomic E-state index is 12.6. The first-order chi connectivity index (χ1) is 10.3. The number of alkyl halides is 3. The maximum atomic E-state index is 12.6. The number of rotatable bonds is 2. The maximum Gasteiger partial charge on any atom is 0.417 e. The Bertz CT molecular complexity index is 718. The van der Waals surface area contributed by atoms with Gasteiger partial charge in [0.1, 0.15) is 5.82 Å². The van der Waals surface area contributed by atoms with Crippen molar-refractivity contribution in [2.45, 2.75) is 25.1 Å². The van der Waals surface area contributed by atoms with Crippen LogP contribution in [0.4, 0.5) is 19.0 Å². The number of hydrogen-bond acceptors (Lipinski definition) is 2. The number of anilines is 1. The van der Waals surface area contributed by atoms with Gasteiger partial charge in [-0.1, -0.05) is 33.6 Å². The second-order valence-electron chi connectivity index (χ2n) is 5.13. The van der Waals surface area contributed by atoms with Crippen molar-refractivity contribution >= 4 is 33.3 Å². The molecule has 0 fully saturated rings. The van der Waals surface area contributed by atoms with Gasteiger partial charge in [-0.05, 0) is 42.2 Å². The lowest BCUT2D eigenvalue weighted by molar-refractivity contribution is -0.137. The molecular weight excluding hydrogens is 381 g/mol. The van der Waals surface area contributed by atoms with Crippen LogP contribution in [-0.4, -0.2) is 4.98 Å². The Morgan fingerprint density at radius 1 is 1.27 bits per heavy atom. The third-order valence-electron chi connectivity index (χ3n) is 3.66. The van der Waals surface area contributed by atoms with Crippen LogP contribution in [0.15, 0.2) is 34.9 Å². The van der Waals surface area contributed by atoms with Gasteiger partial charge in [0.15, 0.2) is 0 Å². The second-order valence-corrected chi connectivity index (χ2v) is 6.45. The summed E-state index contributed by atoms with van der Waals surface area (Å²) in [5, 5.41) is 3.11. The van der Waals surface area contributed by atoms with E-state index in [4.69, 9.17) is 11.6 Å². The Morgan fingerprint density at radius 3 is 2.73 bits per heavy atom. The zero-order valence-electron chi connectivity index (χ0n) is 11.2. The van der Waals surface area contributed by atoms with Crippen molar-refractivity contribution in [3.05, 3.63) is 56.6 Å². The second kappa shape index (κ2) is 5.74. The average molecular weight is 392 g/mol. The summed E-state index contributed by atoms with van der Waals surface area (Å²) >= 11 is 9.36. The smallest absolute Gasteiger partial charge is 0.362 e. The highest BCUT2D eigenvalue weighted by molar-refractivity contribution is 9.10. The van der Waals surface area contributed by atoms with E-state index in [0.717, 1.165) is 35.1 Å². The number of pyridine rings is 1. The normalized spacial score (nSPS) is 17.4. The lowest BCUT2D eigenvalue weighted by Crippen LogP contribution is -2.11. The van der Waals surface area contributed by atoms with E-state index in [0.29, 0.717) is 0 Å². The van der Waals surface area contributed by atoms with Crippen molar-refractivity contribution in [2.24, 2.45) is 0 Å². The summed E-state index contributed by atoms with van der Waals surface area (Å²) in [6.07, 6.45) is -1.89. The predicted octanol–water partition coefficient (Wildman–Crippen LogP) is 5.62. The molecule has 0 amide bonds. The molecule has 0 aliphatic heterocycles. The molecule has 1 aromatic carbocycles. The number of benzene rings is 1. The third-order valence-corrected chi connectivity index (χ3v) is 4.44. The van der Waals surface area contributed by atoms with Gasteiger partial charge in [0.05, 0.1) is 16.6 Å². The summed E-state index contributed by atoms with van der Waals surface area (Å²) in [6.45, 7) is 0. The Morgan fingerprint density at radius 2 is 2.05 bits per heavy atom. The van der Waals surface area contributed by atoms with Gasteiger partial charge in [0.2, 0.25) is 0 Å². The molecule has 22 heavy (non-hydrogen) atoms. The summed E-state index contributed by atoms with van der Waals surface area (Å²) in [6, 6.07) is 6.90. The van der Waals surface area contributed by atoms with Crippen LogP contribution in [0.5, 0.6) is 0 Å². The number of hydrogen-bond donors (Lipinski definition) is 1. The molecule has 1 unspecified atom stereocenters. The van der Waals surface area contributed by atoms with E-state index < -0.39 is 11.7 Å². The molecule has 116 valence electrons. The standard InChI is InChI=1S/C15H11BrClF3N2/c16-10-2-3-11-8(5-10)1-4-13(11)22-14-12(17)6-9(7-21-14)15(18,19)20/h2-3,5-7,13H,1,4H2,(H,21,22). The van der Waals surface area contributed by atoms with Crippen LogP contribution >= 0.6 is 27.5 Å². The molecule has 0 saturated heterocycles. The van der Waals surface area contributed by atoms with E-state index in [1.807, 2.05) is 12.1 Å². The van der Waals surface area contributed by atoms with E-state index >= 15 is 0 Å². The number of nitrogens with zero attached hydrogens (tertiary/aromatic N) is 1. The zero-order valence-corrected chi connectivity index (χ0v) is 13.6. The van der Waals surface area contributed by atoms with E-state index in [1.54, 1.807) is 0 Å². The summed E-state index contributed by atoms with van der Waals surface area (Å²) < 4.78 is 38.9. The van der Waals surface area contributed by atoms with E-state index in [-0.39, 0.29) is 16.9 Å². The van der Waals surface area contributed by atoms with Gasteiger partial charge in [0, 0.05) is 10.7 Å². The van der Waals surface area contributed by atoms with Crippen molar-refractivity contribution in [1.29, 1.82) is 0 Å². The van der Waals surface area contributed by atoms with Gasteiger partial charge in [-0.2, -0.15) is 13.2 Å². The molecular formula is C15H11BrClF3N2. The van der Waals surface area contributed by atoms with Crippen LogP contribution in [0.25, 0.3) is 0 Å². The van der Waals surface area contributed by atoms with Crippen molar-refractivity contribution in [3.8, 4) is 0 Å². The SMILES string of the molecule is FC(F)(F)c1cnc(NC2CCc3cc(Br)ccc32)c(Cl)c1. The number of aromatic nitrogens is 1. The van der Waals surface area contributed by atoms with Crippen molar-refractivity contribution in [1.82, 2.24) is 4.98 Å². The molecule has 3 rings (SSSR count). The topological polar surface area (TPSA) is 24.9 Å². The van der Waals surface area contributed by atoms with Crippen LogP contribution in [-0.2, 0) is 12.6 Å². The molecule has 1 aromatic heterocycles. The molecule has 0 saturated carbocycles. The quantitative estimate of drug-likeness (QED) is 0.719. The molecule has 1 N–H and O–H groups in total. The highest BCUT2D eigenvalue weighted by atomic mass is 79.9. The van der Waals surface area contributed by atoms with Crippen LogP contribution in [0.2, 0.25) is 5.02 Å². The Balaban J connectivity index is 1.84. The van der Waals surface area contributed by atoms with Gasteiger partial charge in [-0.3, -0.25) is 0 Å². The van der Waals surface area contributed by atoms with Crippen molar-refractivity contribution in [3.63, 3.8) is 0 Å². The van der Waals surface area contributed by atoms with Crippen LogP contribution < -0.4 is 5.32 Å². The molecule has 0 spiro atoms. The lowest BCUT2D eigenvalue weighted by atomic mass is 10.1. The third kappa shape index (κ3) is 3.08. The summed E-state index contributed by atoms with van der Waals surface area (Å²) in [5.74, 6) is 0.274. The fraction of sp³-hybridized carbons (Fsp3) is 0.267. The van der Waals surface area contributed by atoms with Crippen molar-refractivity contribution < 1.29 is 13.2 Å².